The number of para-hydroxylation sites is 4. The minimum absolute atomic E-state index is 0.0563. The summed E-state index contributed by atoms with van der Waals surface area (Å²) in [5.74, 6) is 1.28. The Balaban J connectivity index is 1.43. The van der Waals surface area contributed by atoms with Gasteiger partial charge in [-0.25, -0.2) is 9.97 Å². The van der Waals surface area contributed by atoms with Crippen molar-refractivity contribution in [2.24, 2.45) is 5.73 Å². The smallest absolute Gasteiger partial charge is 0.223 e. The van der Waals surface area contributed by atoms with E-state index in [2.05, 4.69) is 19.9 Å². The van der Waals surface area contributed by atoms with Crippen LogP contribution in [0.25, 0.3) is 22.1 Å². The second-order valence-electron chi connectivity index (χ2n) is 8.03. The molecular formula is C24H28N6O2. The first-order valence-electron chi connectivity index (χ1n) is 11.0. The number of unbranched alkanes of at least 4 members (excludes halogenated alkanes) is 3. The third kappa shape index (κ3) is 5.51. The molecule has 0 fully saturated rings. The second-order valence-corrected chi connectivity index (χ2v) is 8.03. The molecule has 2 aromatic heterocycles. The lowest BCUT2D eigenvalue weighted by Gasteiger charge is -2.20. The molecule has 32 heavy (non-hydrogen) atoms. The van der Waals surface area contributed by atoms with Crippen molar-refractivity contribution in [3.8, 4) is 0 Å². The van der Waals surface area contributed by atoms with Gasteiger partial charge in [0.2, 0.25) is 11.8 Å². The average molecular weight is 433 g/mol. The molecule has 0 atom stereocenters. The zero-order valence-electron chi connectivity index (χ0n) is 18.0. The van der Waals surface area contributed by atoms with E-state index in [4.69, 9.17) is 5.73 Å². The molecule has 8 nitrogen and oxygen atoms in total. The van der Waals surface area contributed by atoms with Gasteiger partial charge in [0.05, 0.1) is 35.2 Å². The number of nitrogens with two attached hydrogens (primary N) is 1. The summed E-state index contributed by atoms with van der Waals surface area (Å²) >= 11 is 0. The van der Waals surface area contributed by atoms with E-state index in [0.29, 0.717) is 25.9 Å². The number of benzene rings is 2. The quantitative estimate of drug-likeness (QED) is 0.312. The van der Waals surface area contributed by atoms with Crippen LogP contribution in [0.4, 0.5) is 0 Å². The van der Waals surface area contributed by atoms with E-state index < -0.39 is 0 Å². The van der Waals surface area contributed by atoms with E-state index in [1.807, 2.05) is 48.5 Å². The van der Waals surface area contributed by atoms with Gasteiger partial charge in [0.25, 0.3) is 0 Å². The van der Waals surface area contributed by atoms with E-state index in [1.54, 1.807) is 4.90 Å². The van der Waals surface area contributed by atoms with E-state index in [0.717, 1.165) is 59.4 Å². The van der Waals surface area contributed by atoms with Gasteiger partial charge in [0, 0.05) is 12.8 Å². The number of rotatable bonds is 11. The predicted molar refractivity (Wildman–Crippen MR) is 123 cm³/mol. The zero-order valence-corrected chi connectivity index (χ0v) is 18.0. The number of aromatic nitrogens is 4. The Bertz CT molecular complexity index is 1070. The maximum atomic E-state index is 13.1. The lowest BCUT2D eigenvalue weighted by Crippen LogP contribution is -2.30. The number of nitrogens with zero attached hydrogens (tertiary/aromatic N) is 3. The normalized spacial score (nSPS) is 11.2. The molecule has 0 bridgehead atoms. The maximum Gasteiger partial charge on any atom is 0.223 e. The van der Waals surface area contributed by atoms with Crippen LogP contribution in [-0.2, 0) is 22.7 Å². The van der Waals surface area contributed by atoms with Gasteiger partial charge in [-0.15, -0.1) is 0 Å². The number of aromatic amines is 2. The van der Waals surface area contributed by atoms with Crippen LogP contribution < -0.4 is 5.73 Å². The number of imidazole rings is 2. The first-order valence-corrected chi connectivity index (χ1v) is 11.0. The molecule has 2 heterocycles. The van der Waals surface area contributed by atoms with Crippen LogP contribution >= 0.6 is 0 Å². The summed E-state index contributed by atoms with van der Waals surface area (Å²) < 4.78 is 0. The second kappa shape index (κ2) is 10.1. The Morgan fingerprint density at radius 3 is 1.75 bits per heavy atom. The fraction of sp³-hybridized carbons (Fsp3) is 0.333. The van der Waals surface area contributed by atoms with Crippen molar-refractivity contribution in [2.45, 2.75) is 51.6 Å². The summed E-state index contributed by atoms with van der Waals surface area (Å²) in [5.41, 5.74) is 8.85. The Morgan fingerprint density at radius 1 is 0.750 bits per heavy atom. The number of H-pyrrole nitrogens is 2. The third-order valence-electron chi connectivity index (χ3n) is 5.47. The van der Waals surface area contributed by atoms with Crippen molar-refractivity contribution in [1.29, 1.82) is 0 Å². The van der Waals surface area contributed by atoms with Gasteiger partial charge in [-0.1, -0.05) is 37.1 Å². The predicted octanol–water partition coefficient (Wildman–Crippen LogP) is 3.79. The first kappa shape index (κ1) is 21.5. The minimum Gasteiger partial charge on any atom is -0.370 e. The van der Waals surface area contributed by atoms with E-state index in [-0.39, 0.29) is 11.8 Å². The Hall–Kier alpha value is -3.68. The molecule has 0 radical (unpaired) electrons. The molecule has 0 aliphatic rings. The third-order valence-corrected chi connectivity index (χ3v) is 5.47. The zero-order chi connectivity index (χ0) is 22.3. The molecule has 0 unspecified atom stereocenters. The lowest BCUT2D eigenvalue weighted by atomic mass is 10.1. The topological polar surface area (TPSA) is 121 Å². The van der Waals surface area contributed by atoms with Gasteiger partial charge < -0.3 is 20.6 Å². The maximum absolute atomic E-state index is 13.1. The number of carbonyl (C=O) groups excluding carboxylic acids is 2. The fourth-order valence-electron chi connectivity index (χ4n) is 3.84. The van der Waals surface area contributed by atoms with Crippen molar-refractivity contribution in [3.63, 3.8) is 0 Å². The summed E-state index contributed by atoms with van der Waals surface area (Å²) in [6.07, 6.45) is 4.17. The first-order chi connectivity index (χ1) is 15.6. The highest BCUT2D eigenvalue weighted by Crippen LogP contribution is 2.17. The van der Waals surface area contributed by atoms with Gasteiger partial charge in [0.15, 0.2) is 0 Å². The Labute approximate surface area is 186 Å². The van der Waals surface area contributed by atoms with E-state index >= 15 is 0 Å². The van der Waals surface area contributed by atoms with E-state index in [1.165, 1.54) is 0 Å². The summed E-state index contributed by atoms with van der Waals surface area (Å²) in [4.78, 5) is 41.6. The molecule has 0 spiro atoms. The SMILES string of the molecule is NC(=O)CCCCCCC(=O)N(Cc1nc2ccccc2[nH]1)Cc1nc2ccccc2[nH]1. The Kier molecular flexibility index (Phi) is 6.79. The standard InChI is InChI=1S/C24H28N6O2/c25-21(31)13-3-1-2-4-14-24(32)30(15-22-26-17-9-5-6-10-18(17)27-22)16-23-28-19-11-7-8-12-20(19)29-23/h5-12H,1-4,13-16H2,(H2,25,31)(H,26,27)(H,28,29). The van der Waals surface area contributed by atoms with Crippen LogP contribution in [-0.4, -0.2) is 36.7 Å². The van der Waals surface area contributed by atoms with Gasteiger partial charge in [-0.3, -0.25) is 9.59 Å². The number of carbonyl (C=O) groups is 2. The summed E-state index contributed by atoms with van der Waals surface area (Å²) in [7, 11) is 0. The van der Waals surface area contributed by atoms with E-state index in [9.17, 15) is 9.59 Å². The van der Waals surface area contributed by atoms with Crippen LogP contribution in [0.1, 0.15) is 50.2 Å². The highest BCUT2D eigenvalue weighted by Gasteiger charge is 2.18. The molecule has 4 rings (SSSR count). The van der Waals surface area contributed by atoms with Crippen molar-refractivity contribution < 1.29 is 9.59 Å². The molecule has 0 aliphatic heterocycles. The number of nitrogens with one attached hydrogen (secondary N) is 2. The van der Waals surface area contributed by atoms with Gasteiger partial charge >= 0.3 is 0 Å². The molecule has 8 heteroatoms. The van der Waals surface area contributed by atoms with Gasteiger partial charge in [0.1, 0.15) is 11.6 Å². The van der Waals surface area contributed by atoms with Gasteiger partial charge in [-0.05, 0) is 37.1 Å². The van der Waals surface area contributed by atoms with Crippen LogP contribution in [0.3, 0.4) is 0 Å². The molecule has 2 aromatic carbocycles. The number of fused-ring (bicyclic) bond motifs is 2. The van der Waals surface area contributed by atoms with Crippen LogP contribution in [0.5, 0.6) is 0 Å². The summed E-state index contributed by atoms with van der Waals surface area (Å²) in [6.45, 7) is 0.762. The van der Waals surface area contributed by atoms with Crippen molar-refractivity contribution in [3.05, 3.63) is 60.2 Å². The highest BCUT2D eigenvalue weighted by molar-refractivity contribution is 5.78. The molecule has 2 amide bonds. The minimum atomic E-state index is -0.274. The molecule has 4 aromatic rings. The van der Waals surface area contributed by atoms with Gasteiger partial charge in [-0.2, -0.15) is 0 Å². The van der Waals surface area contributed by atoms with Crippen molar-refractivity contribution in [2.75, 3.05) is 0 Å². The average Bonchev–Trinajstić information content (AvgIpc) is 3.38. The molecule has 0 saturated carbocycles. The van der Waals surface area contributed by atoms with Crippen molar-refractivity contribution in [1.82, 2.24) is 24.8 Å². The largest absolute Gasteiger partial charge is 0.370 e. The molecule has 166 valence electrons. The molecule has 0 saturated heterocycles. The monoisotopic (exact) mass is 432 g/mol. The van der Waals surface area contributed by atoms with Crippen LogP contribution in [0.15, 0.2) is 48.5 Å². The highest BCUT2D eigenvalue weighted by atomic mass is 16.2. The van der Waals surface area contributed by atoms with Crippen LogP contribution in [0, 0.1) is 0 Å². The lowest BCUT2D eigenvalue weighted by molar-refractivity contribution is -0.132. The fourth-order valence-corrected chi connectivity index (χ4v) is 3.84. The number of hydrogen-bond acceptors (Lipinski definition) is 4. The summed E-state index contributed by atoms with van der Waals surface area (Å²) in [6, 6.07) is 15.7. The molecule has 4 N–H and O–H groups in total. The Morgan fingerprint density at radius 2 is 1.25 bits per heavy atom. The molecular weight excluding hydrogens is 404 g/mol. The number of amides is 2. The van der Waals surface area contributed by atoms with Crippen LogP contribution in [0.2, 0.25) is 0 Å². The van der Waals surface area contributed by atoms with Crippen molar-refractivity contribution >= 4 is 33.9 Å². The number of primary amides is 1. The summed E-state index contributed by atoms with van der Waals surface area (Å²) in [5, 5.41) is 0. The molecule has 0 aliphatic carbocycles. The number of hydrogen-bond donors (Lipinski definition) is 3.